The average Bonchev–Trinajstić information content (AvgIpc) is 3.19. The number of nitrogens with zero attached hydrogens (tertiary/aromatic N) is 1. The highest BCUT2D eigenvalue weighted by Crippen LogP contribution is 2.23. The summed E-state index contributed by atoms with van der Waals surface area (Å²) < 4.78 is 16.2. The molecule has 0 N–H and O–H groups in total. The molecule has 1 saturated heterocycles. The van der Waals surface area contributed by atoms with Crippen molar-refractivity contribution in [2.75, 3.05) is 13.2 Å². The number of benzene rings is 1. The van der Waals surface area contributed by atoms with E-state index in [1.807, 2.05) is 42.5 Å². The second-order valence-corrected chi connectivity index (χ2v) is 5.45. The minimum absolute atomic E-state index is 0.255. The predicted octanol–water partition coefficient (Wildman–Crippen LogP) is 3.75. The number of rotatable bonds is 6. The number of aromatic nitrogens is 1. The van der Waals surface area contributed by atoms with Crippen LogP contribution in [0, 0.1) is 0 Å². The first-order valence-corrected chi connectivity index (χ1v) is 7.20. The fraction of sp³-hybridized carbons (Fsp3) is 0.353. The molecule has 2 aromatic rings. The van der Waals surface area contributed by atoms with Crippen LogP contribution in [-0.2, 0) is 4.74 Å². The number of hydrogen-bond acceptors (Lipinski definition) is 4. The molecule has 21 heavy (non-hydrogen) atoms. The molecular formula is C17H19NO3. The van der Waals surface area contributed by atoms with E-state index in [4.69, 9.17) is 14.0 Å². The molecule has 0 spiro atoms. The van der Waals surface area contributed by atoms with Crippen molar-refractivity contribution in [2.24, 2.45) is 0 Å². The summed E-state index contributed by atoms with van der Waals surface area (Å²) in [6.07, 6.45) is 4.15. The van der Waals surface area contributed by atoms with Crippen LogP contribution < -0.4 is 4.74 Å². The first-order chi connectivity index (χ1) is 10.2. The Balaban J connectivity index is 1.71. The quantitative estimate of drug-likeness (QED) is 0.758. The molecule has 1 fully saturated rings. The zero-order chi connectivity index (χ0) is 14.7. The molecule has 1 aliphatic heterocycles. The number of epoxide rings is 1. The molecule has 3 rings (SSSR count). The van der Waals surface area contributed by atoms with Gasteiger partial charge in [0.2, 0.25) is 0 Å². The van der Waals surface area contributed by atoms with E-state index in [9.17, 15) is 0 Å². The molecule has 1 aromatic carbocycles. The second-order valence-electron chi connectivity index (χ2n) is 5.45. The Morgan fingerprint density at radius 2 is 2.14 bits per heavy atom. The first-order valence-electron chi connectivity index (χ1n) is 7.20. The second kappa shape index (κ2) is 6.14. The van der Waals surface area contributed by atoms with Gasteiger partial charge in [-0.2, -0.15) is 0 Å². The van der Waals surface area contributed by atoms with Crippen LogP contribution in [0.5, 0.6) is 5.75 Å². The fourth-order valence-corrected chi connectivity index (χ4v) is 1.92. The standard InChI is InChI=1S/C17H19NO3/c1-12(2)16-9-14(21-18-16)8-7-13-5-3-4-6-17(13)20-11-15-10-19-15/h3-9,12,15H,10-11H2,1-2H3. The summed E-state index contributed by atoms with van der Waals surface area (Å²) in [6, 6.07) is 9.88. The monoisotopic (exact) mass is 285 g/mol. The van der Waals surface area contributed by atoms with E-state index in [0.717, 1.165) is 29.4 Å². The van der Waals surface area contributed by atoms with Crippen LogP contribution in [0.2, 0.25) is 0 Å². The molecule has 1 aromatic heterocycles. The molecule has 0 saturated carbocycles. The summed E-state index contributed by atoms with van der Waals surface area (Å²) in [6.45, 7) is 5.58. The van der Waals surface area contributed by atoms with Crippen molar-refractivity contribution >= 4 is 12.2 Å². The lowest BCUT2D eigenvalue weighted by molar-refractivity contribution is 0.262. The maximum atomic E-state index is 5.77. The lowest BCUT2D eigenvalue weighted by atomic mass is 10.1. The highest BCUT2D eigenvalue weighted by molar-refractivity contribution is 5.70. The first kappa shape index (κ1) is 13.9. The van der Waals surface area contributed by atoms with Crippen LogP contribution in [0.25, 0.3) is 12.2 Å². The maximum Gasteiger partial charge on any atom is 0.159 e. The Morgan fingerprint density at radius 1 is 1.33 bits per heavy atom. The fourth-order valence-electron chi connectivity index (χ4n) is 1.92. The summed E-state index contributed by atoms with van der Waals surface area (Å²) in [5, 5.41) is 4.04. The van der Waals surface area contributed by atoms with E-state index >= 15 is 0 Å². The zero-order valence-corrected chi connectivity index (χ0v) is 12.3. The van der Waals surface area contributed by atoms with Crippen molar-refractivity contribution in [3.63, 3.8) is 0 Å². The molecule has 0 aliphatic carbocycles. The van der Waals surface area contributed by atoms with Crippen LogP contribution >= 0.6 is 0 Å². The average molecular weight is 285 g/mol. The van der Waals surface area contributed by atoms with Crippen LogP contribution in [-0.4, -0.2) is 24.5 Å². The van der Waals surface area contributed by atoms with Crippen molar-refractivity contribution in [1.29, 1.82) is 0 Å². The zero-order valence-electron chi connectivity index (χ0n) is 12.3. The van der Waals surface area contributed by atoms with Crippen LogP contribution in [0.3, 0.4) is 0 Å². The third-order valence-corrected chi connectivity index (χ3v) is 3.31. The molecule has 0 bridgehead atoms. The van der Waals surface area contributed by atoms with Gasteiger partial charge in [-0.3, -0.25) is 0 Å². The normalized spacial score (nSPS) is 17.6. The van der Waals surface area contributed by atoms with Crippen molar-refractivity contribution in [3.05, 3.63) is 47.3 Å². The highest BCUT2D eigenvalue weighted by atomic mass is 16.6. The minimum atomic E-state index is 0.255. The molecule has 1 aliphatic rings. The molecule has 1 atom stereocenters. The summed E-state index contributed by atoms with van der Waals surface area (Å²) >= 11 is 0. The van der Waals surface area contributed by atoms with Gasteiger partial charge in [0, 0.05) is 11.6 Å². The Bertz CT molecular complexity index is 626. The van der Waals surface area contributed by atoms with Crippen molar-refractivity contribution in [2.45, 2.75) is 25.9 Å². The summed E-state index contributed by atoms with van der Waals surface area (Å²) in [5.74, 6) is 1.97. The lowest BCUT2D eigenvalue weighted by Gasteiger charge is -2.07. The molecule has 0 amide bonds. The van der Waals surface area contributed by atoms with Gasteiger partial charge < -0.3 is 14.0 Å². The van der Waals surface area contributed by atoms with Crippen molar-refractivity contribution in [1.82, 2.24) is 5.16 Å². The molecule has 4 heteroatoms. The Hall–Kier alpha value is -2.07. The van der Waals surface area contributed by atoms with Crippen molar-refractivity contribution < 1.29 is 14.0 Å². The maximum absolute atomic E-state index is 5.77. The van der Waals surface area contributed by atoms with Gasteiger partial charge in [0.15, 0.2) is 5.76 Å². The molecule has 110 valence electrons. The predicted molar refractivity (Wildman–Crippen MR) is 81.2 cm³/mol. The summed E-state index contributed by atoms with van der Waals surface area (Å²) in [4.78, 5) is 0. The largest absolute Gasteiger partial charge is 0.490 e. The Kier molecular flexibility index (Phi) is 4.06. The van der Waals surface area contributed by atoms with E-state index in [-0.39, 0.29) is 6.10 Å². The highest BCUT2D eigenvalue weighted by Gasteiger charge is 2.23. The number of hydrogen-bond donors (Lipinski definition) is 0. The molecule has 2 heterocycles. The Labute approximate surface area is 124 Å². The van der Waals surface area contributed by atoms with Gasteiger partial charge in [0.1, 0.15) is 18.5 Å². The van der Waals surface area contributed by atoms with E-state index in [1.165, 1.54) is 0 Å². The Morgan fingerprint density at radius 3 is 2.86 bits per heavy atom. The molecular weight excluding hydrogens is 266 g/mol. The van der Waals surface area contributed by atoms with Crippen LogP contribution in [0.4, 0.5) is 0 Å². The van der Waals surface area contributed by atoms with Crippen LogP contribution in [0.1, 0.15) is 36.8 Å². The smallest absolute Gasteiger partial charge is 0.159 e. The molecule has 4 nitrogen and oxygen atoms in total. The SMILES string of the molecule is CC(C)c1cc(C=Cc2ccccc2OCC2CO2)on1. The van der Waals surface area contributed by atoms with Gasteiger partial charge in [0.25, 0.3) is 0 Å². The van der Waals surface area contributed by atoms with E-state index in [2.05, 4.69) is 19.0 Å². The van der Waals surface area contributed by atoms with E-state index < -0.39 is 0 Å². The minimum Gasteiger partial charge on any atom is -0.490 e. The third-order valence-electron chi connectivity index (χ3n) is 3.31. The lowest BCUT2D eigenvalue weighted by Crippen LogP contribution is -2.04. The van der Waals surface area contributed by atoms with Crippen LogP contribution in [0.15, 0.2) is 34.9 Å². The van der Waals surface area contributed by atoms with Crippen molar-refractivity contribution in [3.8, 4) is 5.75 Å². The van der Waals surface area contributed by atoms with Gasteiger partial charge in [-0.1, -0.05) is 37.2 Å². The molecule has 0 radical (unpaired) electrons. The van der Waals surface area contributed by atoms with Gasteiger partial charge in [-0.25, -0.2) is 0 Å². The summed E-state index contributed by atoms with van der Waals surface area (Å²) in [7, 11) is 0. The number of ether oxygens (including phenoxy) is 2. The number of para-hydroxylation sites is 1. The van der Waals surface area contributed by atoms with Gasteiger partial charge in [0.05, 0.1) is 12.3 Å². The van der Waals surface area contributed by atoms with Gasteiger partial charge in [-0.15, -0.1) is 0 Å². The summed E-state index contributed by atoms with van der Waals surface area (Å²) in [5.41, 5.74) is 1.98. The molecule has 1 unspecified atom stereocenters. The van der Waals surface area contributed by atoms with Gasteiger partial charge >= 0.3 is 0 Å². The van der Waals surface area contributed by atoms with E-state index in [1.54, 1.807) is 0 Å². The van der Waals surface area contributed by atoms with Gasteiger partial charge in [-0.05, 0) is 24.1 Å². The van der Waals surface area contributed by atoms with E-state index in [0.29, 0.717) is 12.5 Å². The third kappa shape index (κ3) is 3.73. The topological polar surface area (TPSA) is 47.8 Å².